The predicted octanol–water partition coefficient (Wildman–Crippen LogP) is 1.90. The normalized spacial score (nSPS) is 23.9. The molecule has 0 aromatic rings. The fourth-order valence-electron chi connectivity index (χ4n) is 3.19. The van der Waals surface area contributed by atoms with Gasteiger partial charge in [-0.25, -0.2) is 0 Å². The third kappa shape index (κ3) is 3.93. The molecule has 0 radical (unpaired) electrons. The van der Waals surface area contributed by atoms with E-state index in [0.29, 0.717) is 5.84 Å². The molecule has 0 bridgehead atoms. The van der Waals surface area contributed by atoms with E-state index in [-0.39, 0.29) is 5.41 Å². The minimum absolute atomic E-state index is 0.150. The summed E-state index contributed by atoms with van der Waals surface area (Å²) in [6, 6.07) is 0.871. The van der Waals surface area contributed by atoms with Crippen LogP contribution in [0, 0.1) is 10.8 Å². The Kier molecular flexibility index (Phi) is 4.85. The van der Waals surface area contributed by atoms with Gasteiger partial charge in [0.25, 0.3) is 0 Å². The van der Waals surface area contributed by atoms with Crippen molar-refractivity contribution in [2.24, 2.45) is 11.1 Å². The Morgan fingerprint density at radius 2 is 1.74 bits per heavy atom. The lowest BCUT2D eigenvalue weighted by Crippen LogP contribution is -2.50. The van der Waals surface area contributed by atoms with Crippen LogP contribution < -0.4 is 5.73 Å². The lowest BCUT2D eigenvalue weighted by molar-refractivity contribution is 0.0930. The number of piperazine rings is 1. The minimum Gasteiger partial charge on any atom is -0.387 e. The first kappa shape index (κ1) is 14.8. The Labute approximate surface area is 117 Å². The molecule has 4 nitrogen and oxygen atoms in total. The number of rotatable bonds is 5. The van der Waals surface area contributed by atoms with Crippen LogP contribution in [0.1, 0.15) is 46.0 Å². The maximum Gasteiger partial charge on any atom is 0.0963 e. The molecule has 1 heterocycles. The second-order valence-corrected chi connectivity index (χ2v) is 6.86. The van der Waals surface area contributed by atoms with Crippen molar-refractivity contribution >= 4 is 5.84 Å². The highest BCUT2D eigenvalue weighted by Crippen LogP contribution is 2.25. The maximum absolute atomic E-state index is 7.61. The van der Waals surface area contributed by atoms with Crippen molar-refractivity contribution in [2.45, 2.75) is 52.0 Å². The average molecular weight is 266 g/mol. The predicted molar refractivity (Wildman–Crippen MR) is 80.6 cm³/mol. The fourth-order valence-corrected chi connectivity index (χ4v) is 3.19. The number of hydrogen-bond donors (Lipinski definition) is 2. The van der Waals surface area contributed by atoms with Crippen LogP contribution >= 0.6 is 0 Å². The van der Waals surface area contributed by atoms with Crippen LogP contribution in [-0.2, 0) is 0 Å². The van der Waals surface area contributed by atoms with Gasteiger partial charge < -0.3 is 10.6 Å². The van der Waals surface area contributed by atoms with Gasteiger partial charge in [0, 0.05) is 37.6 Å². The zero-order valence-electron chi connectivity index (χ0n) is 12.6. The summed E-state index contributed by atoms with van der Waals surface area (Å²) in [4.78, 5) is 5.23. The molecular formula is C15H30N4. The third-order valence-electron chi connectivity index (χ3n) is 5.03. The summed E-state index contributed by atoms with van der Waals surface area (Å²) in [5.41, 5.74) is 5.50. The molecule has 0 aromatic heterocycles. The van der Waals surface area contributed by atoms with Crippen LogP contribution in [0.2, 0.25) is 0 Å². The number of nitrogens with zero attached hydrogens (tertiary/aromatic N) is 2. The molecule has 0 spiro atoms. The van der Waals surface area contributed by atoms with Crippen molar-refractivity contribution < 1.29 is 0 Å². The summed E-state index contributed by atoms with van der Waals surface area (Å²) in [5, 5.41) is 7.61. The van der Waals surface area contributed by atoms with Gasteiger partial charge >= 0.3 is 0 Å². The maximum atomic E-state index is 7.61. The van der Waals surface area contributed by atoms with Crippen molar-refractivity contribution in [3.05, 3.63) is 0 Å². The van der Waals surface area contributed by atoms with Crippen molar-refractivity contribution in [3.8, 4) is 0 Å². The van der Waals surface area contributed by atoms with Crippen molar-refractivity contribution in [2.75, 3.05) is 32.7 Å². The molecule has 19 heavy (non-hydrogen) atoms. The van der Waals surface area contributed by atoms with Crippen LogP contribution in [0.25, 0.3) is 0 Å². The molecule has 1 saturated heterocycles. The molecule has 0 amide bonds. The molecule has 2 aliphatic rings. The van der Waals surface area contributed by atoms with Crippen molar-refractivity contribution in [3.63, 3.8) is 0 Å². The zero-order valence-corrected chi connectivity index (χ0v) is 12.6. The molecule has 4 heteroatoms. The van der Waals surface area contributed by atoms with E-state index in [4.69, 9.17) is 11.1 Å². The standard InChI is InChI=1S/C15H30N4/c1-15(2,14(16)17)7-8-18-9-11-19(12-10-18)13-5-3-4-6-13/h13H,3-12H2,1-2H3,(H3,16,17). The second kappa shape index (κ2) is 6.23. The monoisotopic (exact) mass is 266 g/mol. The van der Waals surface area contributed by atoms with Crippen LogP contribution in [0.4, 0.5) is 0 Å². The van der Waals surface area contributed by atoms with Gasteiger partial charge in [-0.2, -0.15) is 0 Å². The van der Waals surface area contributed by atoms with Gasteiger partial charge in [0.05, 0.1) is 5.84 Å². The first-order chi connectivity index (χ1) is 8.99. The molecular weight excluding hydrogens is 236 g/mol. The van der Waals surface area contributed by atoms with Gasteiger partial charge in [-0.3, -0.25) is 10.3 Å². The quantitative estimate of drug-likeness (QED) is 0.590. The molecule has 1 aliphatic heterocycles. The molecule has 3 N–H and O–H groups in total. The molecule has 2 rings (SSSR count). The topological polar surface area (TPSA) is 56.4 Å². The van der Waals surface area contributed by atoms with Gasteiger partial charge in [0.15, 0.2) is 0 Å². The molecule has 1 aliphatic carbocycles. The Hall–Kier alpha value is -0.610. The SMILES string of the molecule is CC(C)(CCN1CCN(C2CCCC2)CC1)C(=N)N. The van der Waals surface area contributed by atoms with E-state index in [9.17, 15) is 0 Å². The summed E-state index contributed by atoms with van der Waals surface area (Å²) >= 11 is 0. The molecule has 110 valence electrons. The largest absolute Gasteiger partial charge is 0.387 e. The minimum atomic E-state index is -0.150. The molecule has 0 aromatic carbocycles. The molecule has 1 saturated carbocycles. The van der Waals surface area contributed by atoms with Gasteiger partial charge in [-0.15, -0.1) is 0 Å². The van der Waals surface area contributed by atoms with E-state index in [1.165, 1.54) is 51.9 Å². The highest BCUT2D eigenvalue weighted by molar-refractivity contribution is 5.82. The van der Waals surface area contributed by atoms with Crippen LogP contribution in [0.15, 0.2) is 0 Å². The van der Waals surface area contributed by atoms with Gasteiger partial charge in [-0.1, -0.05) is 26.7 Å². The highest BCUT2D eigenvalue weighted by Gasteiger charge is 2.27. The average Bonchev–Trinajstić information content (AvgIpc) is 2.91. The van der Waals surface area contributed by atoms with E-state index in [1.54, 1.807) is 0 Å². The van der Waals surface area contributed by atoms with E-state index < -0.39 is 0 Å². The second-order valence-electron chi connectivity index (χ2n) is 6.86. The Morgan fingerprint density at radius 1 is 1.16 bits per heavy atom. The third-order valence-corrected chi connectivity index (χ3v) is 5.03. The first-order valence-corrected chi connectivity index (χ1v) is 7.80. The number of nitrogens with one attached hydrogen (secondary N) is 1. The van der Waals surface area contributed by atoms with Crippen molar-refractivity contribution in [1.29, 1.82) is 5.41 Å². The smallest absolute Gasteiger partial charge is 0.0963 e. The molecule has 0 unspecified atom stereocenters. The number of hydrogen-bond acceptors (Lipinski definition) is 3. The Balaban J connectivity index is 1.70. The fraction of sp³-hybridized carbons (Fsp3) is 0.933. The van der Waals surface area contributed by atoms with Gasteiger partial charge in [0.2, 0.25) is 0 Å². The van der Waals surface area contributed by atoms with E-state index in [1.807, 2.05) is 0 Å². The number of nitrogens with two attached hydrogens (primary N) is 1. The van der Waals surface area contributed by atoms with E-state index in [2.05, 4.69) is 23.6 Å². The lowest BCUT2D eigenvalue weighted by Gasteiger charge is -2.39. The van der Waals surface area contributed by atoms with Gasteiger partial charge in [-0.05, 0) is 25.8 Å². The summed E-state index contributed by atoms with van der Waals surface area (Å²) in [7, 11) is 0. The summed E-state index contributed by atoms with van der Waals surface area (Å²) < 4.78 is 0. The lowest BCUT2D eigenvalue weighted by atomic mass is 9.88. The zero-order chi connectivity index (χ0) is 13.9. The number of amidine groups is 1. The van der Waals surface area contributed by atoms with Crippen LogP contribution in [-0.4, -0.2) is 54.4 Å². The van der Waals surface area contributed by atoms with E-state index >= 15 is 0 Å². The summed E-state index contributed by atoms with van der Waals surface area (Å²) in [6.07, 6.45) is 6.68. The van der Waals surface area contributed by atoms with Gasteiger partial charge in [0.1, 0.15) is 0 Å². The van der Waals surface area contributed by atoms with Crippen LogP contribution in [0.3, 0.4) is 0 Å². The van der Waals surface area contributed by atoms with Crippen molar-refractivity contribution in [1.82, 2.24) is 9.80 Å². The summed E-state index contributed by atoms with van der Waals surface area (Å²) in [6.45, 7) is 10.0. The summed E-state index contributed by atoms with van der Waals surface area (Å²) in [5.74, 6) is 0.317. The molecule has 2 fully saturated rings. The van der Waals surface area contributed by atoms with Crippen LogP contribution in [0.5, 0.6) is 0 Å². The molecule has 0 atom stereocenters. The Bertz CT molecular complexity index is 299. The highest BCUT2D eigenvalue weighted by atomic mass is 15.3. The Morgan fingerprint density at radius 3 is 2.26 bits per heavy atom. The first-order valence-electron chi connectivity index (χ1n) is 7.80. The van der Waals surface area contributed by atoms with E-state index in [0.717, 1.165) is 19.0 Å².